The molecule has 1 N–H and O–H groups in total. The fourth-order valence-corrected chi connectivity index (χ4v) is 2.81. The molecular formula is C12H21N3S. The van der Waals surface area contributed by atoms with Crippen LogP contribution in [0.5, 0.6) is 0 Å². The van der Waals surface area contributed by atoms with Crippen LogP contribution in [0.2, 0.25) is 0 Å². The second-order valence-electron chi connectivity index (χ2n) is 4.47. The van der Waals surface area contributed by atoms with Gasteiger partial charge in [-0.1, -0.05) is 6.92 Å². The van der Waals surface area contributed by atoms with Gasteiger partial charge in [0.05, 0.1) is 10.7 Å². The maximum Gasteiger partial charge on any atom is 0.0897 e. The van der Waals surface area contributed by atoms with E-state index in [9.17, 15) is 0 Å². The molecule has 1 aliphatic heterocycles. The first-order valence-electron chi connectivity index (χ1n) is 6.14. The van der Waals surface area contributed by atoms with E-state index in [0.29, 0.717) is 6.04 Å². The van der Waals surface area contributed by atoms with Crippen molar-refractivity contribution in [2.45, 2.75) is 32.7 Å². The molecule has 1 fully saturated rings. The highest BCUT2D eigenvalue weighted by atomic mass is 32.1. The van der Waals surface area contributed by atoms with Crippen molar-refractivity contribution in [1.29, 1.82) is 0 Å². The molecule has 0 radical (unpaired) electrons. The molecule has 1 unspecified atom stereocenters. The van der Waals surface area contributed by atoms with Gasteiger partial charge in [-0.05, 0) is 13.3 Å². The summed E-state index contributed by atoms with van der Waals surface area (Å²) in [5.74, 6) is 0. The van der Waals surface area contributed by atoms with Crippen LogP contribution in [0.25, 0.3) is 0 Å². The quantitative estimate of drug-likeness (QED) is 0.866. The molecule has 1 atom stereocenters. The van der Waals surface area contributed by atoms with Crippen LogP contribution in [0.4, 0.5) is 0 Å². The number of rotatable bonds is 4. The van der Waals surface area contributed by atoms with Crippen molar-refractivity contribution in [1.82, 2.24) is 15.2 Å². The number of nitrogens with one attached hydrogen (secondary N) is 1. The van der Waals surface area contributed by atoms with Crippen molar-refractivity contribution in [3.63, 3.8) is 0 Å². The SMILES string of the molecule is CCC1CN(CCc2csc(C)n2)CCN1. The van der Waals surface area contributed by atoms with E-state index in [1.165, 1.54) is 30.2 Å². The summed E-state index contributed by atoms with van der Waals surface area (Å²) in [7, 11) is 0. The number of aromatic nitrogens is 1. The van der Waals surface area contributed by atoms with Crippen molar-refractivity contribution < 1.29 is 0 Å². The maximum absolute atomic E-state index is 4.51. The second kappa shape index (κ2) is 5.75. The van der Waals surface area contributed by atoms with E-state index in [-0.39, 0.29) is 0 Å². The monoisotopic (exact) mass is 239 g/mol. The summed E-state index contributed by atoms with van der Waals surface area (Å²) >= 11 is 1.75. The summed E-state index contributed by atoms with van der Waals surface area (Å²) in [6.45, 7) is 8.99. The lowest BCUT2D eigenvalue weighted by Gasteiger charge is -2.33. The molecule has 0 amide bonds. The Kier molecular flexibility index (Phi) is 4.32. The summed E-state index contributed by atoms with van der Waals surface area (Å²) in [6.07, 6.45) is 2.33. The highest BCUT2D eigenvalue weighted by Crippen LogP contribution is 2.10. The summed E-state index contributed by atoms with van der Waals surface area (Å²) in [5, 5.41) is 6.92. The van der Waals surface area contributed by atoms with E-state index in [2.05, 4.69) is 34.4 Å². The third-order valence-corrected chi connectivity index (χ3v) is 4.01. The number of nitrogens with zero attached hydrogens (tertiary/aromatic N) is 2. The van der Waals surface area contributed by atoms with Gasteiger partial charge in [0, 0.05) is 44.0 Å². The third kappa shape index (κ3) is 3.27. The zero-order valence-electron chi connectivity index (χ0n) is 10.2. The van der Waals surface area contributed by atoms with Crippen molar-refractivity contribution in [3.05, 3.63) is 16.1 Å². The molecule has 1 aromatic heterocycles. The van der Waals surface area contributed by atoms with Gasteiger partial charge in [-0.25, -0.2) is 4.98 Å². The lowest BCUT2D eigenvalue weighted by molar-refractivity contribution is 0.199. The topological polar surface area (TPSA) is 28.2 Å². The number of piperazine rings is 1. The molecule has 2 rings (SSSR count). The molecule has 1 saturated heterocycles. The van der Waals surface area contributed by atoms with Crippen LogP contribution >= 0.6 is 11.3 Å². The number of aryl methyl sites for hydroxylation is 1. The number of hydrogen-bond acceptors (Lipinski definition) is 4. The van der Waals surface area contributed by atoms with Crippen LogP contribution in [0.15, 0.2) is 5.38 Å². The molecule has 0 aromatic carbocycles. The first kappa shape index (κ1) is 12.0. The van der Waals surface area contributed by atoms with Gasteiger partial charge in [-0.2, -0.15) is 0 Å². The molecule has 1 aliphatic rings. The first-order chi connectivity index (χ1) is 7.78. The molecule has 16 heavy (non-hydrogen) atoms. The summed E-state index contributed by atoms with van der Waals surface area (Å²) in [6, 6.07) is 0.686. The van der Waals surface area contributed by atoms with Gasteiger partial charge in [0.1, 0.15) is 0 Å². The van der Waals surface area contributed by atoms with Crippen LogP contribution in [0, 0.1) is 6.92 Å². The molecule has 0 bridgehead atoms. The Hall–Kier alpha value is -0.450. The Balaban J connectivity index is 1.77. The van der Waals surface area contributed by atoms with Gasteiger partial charge < -0.3 is 10.2 Å². The lowest BCUT2D eigenvalue weighted by Crippen LogP contribution is -2.50. The average molecular weight is 239 g/mol. The van der Waals surface area contributed by atoms with E-state index in [0.717, 1.165) is 19.5 Å². The highest BCUT2D eigenvalue weighted by Gasteiger charge is 2.17. The van der Waals surface area contributed by atoms with E-state index in [1.807, 2.05) is 0 Å². The minimum atomic E-state index is 0.686. The molecular weight excluding hydrogens is 218 g/mol. The van der Waals surface area contributed by atoms with Crippen molar-refractivity contribution >= 4 is 11.3 Å². The van der Waals surface area contributed by atoms with E-state index < -0.39 is 0 Å². The van der Waals surface area contributed by atoms with Gasteiger partial charge >= 0.3 is 0 Å². The zero-order valence-corrected chi connectivity index (χ0v) is 11.0. The predicted molar refractivity (Wildman–Crippen MR) is 69.1 cm³/mol. The minimum absolute atomic E-state index is 0.686. The average Bonchev–Trinajstić information content (AvgIpc) is 2.73. The van der Waals surface area contributed by atoms with Crippen LogP contribution < -0.4 is 5.32 Å². The molecule has 0 aliphatic carbocycles. The number of thiazole rings is 1. The van der Waals surface area contributed by atoms with E-state index >= 15 is 0 Å². The summed E-state index contributed by atoms with van der Waals surface area (Å²) in [5.41, 5.74) is 1.26. The summed E-state index contributed by atoms with van der Waals surface area (Å²) < 4.78 is 0. The molecule has 3 nitrogen and oxygen atoms in total. The fraction of sp³-hybridized carbons (Fsp3) is 0.750. The third-order valence-electron chi connectivity index (χ3n) is 3.18. The van der Waals surface area contributed by atoms with E-state index in [4.69, 9.17) is 0 Å². The van der Waals surface area contributed by atoms with Crippen LogP contribution in [0.1, 0.15) is 24.0 Å². The van der Waals surface area contributed by atoms with Crippen molar-refractivity contribution in [3.8, 4) is 0 Å². The van der Waals surface area contributed by atoms with Crippen molar-refractivity contribution in [2.24, 2.45) is 0 Å². The molecule has 0 saturated carbocycles. The largest absolute Gasteiger partial charge is 0.311 e. The number of hydrogen-bond donors (Lipinski definition) is 1. The summed E-state index contributed by atoms with van der Waals surface area (Å²) in [4.78, 5) is 7.07. The Morgan fingerprint density at radius 1 is 1.62 bits per heavy atom. The zero-order chi connectivity index (χ0) is 11.4. The van der Waals surface area contributed by atoms with Crippen LogP contribution in [-0.4, -0.2) is 42.1 Å². The van der Waals surface area contributed by atoms with Crippen LogP contribution in [-0.2, 0) is 6.42 Å². The van der Waals surface area contributed by atoms with Gasteiger partial charge in [-0.15, -0.1) is 11.3 Å². The fourth-order valence-electron chi connectivity index (χ4n) is 2.17. The van der Waals surface area contributed by atoms with Crippen molar-refractivity contribution in [2.75, 3.05) is 26.2 Å². The Morgan fingerprint density at radius 3 is 3.19 bits per heavy atom. The molecule has 4 heteroatoms. The maximum atomic E-state index is 4.51. The van der Waals surface area contributed by atoms with Crippen LogP contribution in [0.3, 0.4) is 0 Å². The van der Waals surface area contributed by atoms with Gasteiger partial charge in [0.25, 0.3) is 0 Å². The highest BCUT2D eigenvalue weighted by molar-refractivity contribution is 7.09. The second-order valence-corrected chi connectivity index (χ2v) is 5.53. The van der Waals surface area contributed by atoms with Gasteiger partial charge in [0.15, 0.2) is 0 Å². The minimum Gasteiger partial charge on any atom is -0.311 e. The normalized spacial score (nSPS) is 22.5. The standard InChI is InChI=1S/C12H21N3S/c1-3-11-8-15(7-5-13-11)6-4-12-9-16-10(2)14-12/h9,11,13H,3-8H2,1-2H3. The van der Waals surface area contributed by atoms with E-state index in [1.54, 1.807) is 11.3 Å². The molecule has 90 valence electrons. The molecule has 2 heterocycles. The Morgan fingerprint density at radius 2 is 2.50 bits per heavy atom. The van der Waals surface area contributed by atoms with Gasteiger partial charge in [0.2, 0.25) is 0 Å². The lowest BCUT2D eigenvalue weighted by atomic mass is 10.1. The van der Waals surface area contributed by atoms with Gasteiger partial charge in [-0.3, -0.25) is 0 Å². The molecule has 1 aromatic rings. The predicted octanol–water partition coefficient (Wildman–Crippen LogP) is 1.68. The Bertz CT molecular complexity index is 324. The molecule has 0 spiro atoms. The smallest absolute Gasteiger partial charge is 0.0897 e. The first-order valence-corrected chi connectivity index (χ1v) is 7.02. The Labute approximate surface area is 102 Å².